The summed E-state index contributed by atoms with van der Waals surface area (Å²) in [5.41, 5.74) is 2.28. The van der Waals surface area contributed by atoms with E-state index in [4.69, 9.17) is 14.2 Å². The second-order valence-electron chi connectivity index (χ2n) is 6.27. The summed E-state index contributed by atoms with van der Waals surface area (Å²) in [6.45, 7) is 6.38. The van der Waals surface area contributed by atoms with E-state index in [-0.39, 0.29) is 18.8 Å². The number of anilines is 2. The molecule has 0 atom stereocenters. The van der Waals surface area contributed by atoms with Crippen molar-refractivity contribution < 1.29 is 23.8 Å². The van der Waals surface area contributed by atoms with E-state index in [0.29, 0.717) is 40.2 Å². The van der Waals surface area contributed by atoms with Crippen LogP contribution in [0, 0.1) is 0 Å². The first kappa shape index (κ1) is 21.1. The maximum absolute atomic E-state index is 12.6. The van der Waals surface area contributed by atoms with Crippen molar-refractivity contribution in [2.75, 3.05) is 25.1 Å². The zero-order valence-electron chi connectivity index (χ0n) is 17.2. The minimum absolute atomic E-state index is 0.231. The predicted octanol–water partition coefficient (Wildman–Crippen LogP) is 4.73. The number of nitrogens with one attached hydrogen (secondary N) is 1. The molecule has 0 unspecified atom stereocenters. The van der Waals surface area contributed by atoms with Crippen molar-refractivity contribution in [3.63, 3.8) is 0 Å². The molecule has 0 aliphatic carbocycles. The van der Waals surface area contributed by atoms with Crippen LogP contribution in [0.15, 0.2) is 48.7 Å². The van der Waals surface area contributed by atoms with E-state index in [9.17, 15) is 9.59 Å². The van der Waals surface area contributed by atoms with Gasteiger partial charge in [0.1, 0.15) is 11.3 Å². The van der Waals surface area contributed by atoms with Gasteiger partial charge in [-0.05, 0) is 51.1 Å². The summed E-state index contributed by atoms with van der Waals surface area (Å²) < 4.78 is 16.0. The third kappa shape index (κ3) is 4.51. The van der Waals surface area contributed by atoms with Crippen LogP contribution in [0.5, 0.6) is 5.75 Å². The van der Waals surface area contributed by atoms with Gasteiger partial charge >= 0.3 is 11.9 Å². The second kappa shape index (κ2) is 9.73. The van der Waals surface area contributed by atoms with Crippen molar-refractivity contribution in [3.05, 3.63) is 59.8 Å². The van der Waals surface area contributed by atoms with Crippen LogP contribution in [-0.4, -0.2) is 36.7 Å². The van der Waals surface area contributed by atoms with E-state index < -0.39 is 11.9 Å². The Morgan fingerprint density at radius 3 is 2.30 bits per heavy atom. The quantitative estimate of drug-likeness (QED) is 0.539. The van der Waals surface area contributed by atoms with Crippen LogP contribution in [0.25, 0.3) is 10.9 Å². The first-order valence-electron chi connectivity index (χ1n) is 9.84. The molecule has 0 spiro atoms. The van der Waals surface area contributed by atoms with Crippen molar-refractivity contribution in [2.24, 2.45) is 0 Å². The van der Waals surface area contributed by atoms with Crippen LogP contribution in [0.3, 0.4) is 0 Å². The number of rotatable bonds is 8. The molecule has 0 saturated carbocycles. The average molecular weight is 408 g/mol. The number of pyridine rings is 1. The van der Waals surface area contributed by atoms with Crippen molar-refractivity contribution in [1.29, 1.82) is 0 Å². The minimum Gasteiger partial charge on any atom is -0.494 e. The molecule has 1 aromatic heterocycles. The number of aromatic nitrogens is 1. The number of nitrogens with zero attached hydrogens (tertiary/aromatic N) is 1. The van der Waals surface area contributed by atoms with Gasteiger partial charge in [0.15, 0.2) is 0 Å². The number of carbonyl (C=O) groups is 2. The monoisotopic (exact) mass is 408 g/mol. The number of esters is 2. The van der Waals surface area contributed by atoms with Gasteiger partial charge in [-0.1, -0.05) is 12.1 Å². The molecule has 0 fully saturated rings. The summed E-state index contributed by atoms with van der Waals surface area (Å²) in [4.78, 5) is 29.4. The van der Waals surface area contributed by atoms with Gasteiger partial charge < -0.3 is 19.5 Å². The SMILES string of the molecule is CCOC(=O)c1ccccc1Nc1c(C(=O)OCC)cnc2ccc(OCC)cc12. The molecule has 30 heavy (non-hydrogen) atoms. The smallest absolute Gasteiger partial charge is 0.341 e. The summed E-state index contributed by atoms with van der Waals surface area (Å²) in [7, 11) is 0. The zero-order chi connectivity index (χ0) is 21.5. The molecule has 7 nitrogen and oxygen atoms in total. The summed E-state index contributed by atoms with van der Waals surface area (Å²) in [5.74, 6) is -0.314. The first-order chi connectivity index (χ1) is 14.6. The zero-order valence-corrected chi connectivity index (χ0v) is 17.2. The molecule has 0 aliphatic rings. The van der Waals surface area contributed by atoms with Gasteiger partial charge in [-0.15, -0.1) is 0 Å². The average Bonchev–Trinajstić information content (AvgIpc) is 2.75. The van der Waals surface area contributed by atoms with Crippen molar-refractivity contribution >= 4 is 34.2 Å². The standard InChI is InChI=1S/C23H24N2O5/c1-4-28-15-11-12-19-17(13-15)21(18(14-24-19)23(27)30-6-3)25-20-10-8-7-9-16(20)22(26)29-5-2/h7-14H,4-6H2,1-3H3,(H,24,25). The van der Waals surface area contributed by atoms with E-state index in [1.165, 1.54) is 6.20 Å². The third-order valence-electron chi connectivity index (χ3n) is 4.33. The van der Waals surface area contributed by atoms with E-state index in [0.717, 1.165) is 0 Å². The number of benzene rings is 2. The molecular weight excluding hydrogens is 384 g/mol. The Morgan fingerprint density at radius 2 is 1.60 bits per heavy atom. The van der Waals surface area contributed by atoms with E-state index in [2.05, 4.69) is 10.3 Å². The summed E-state index contributed by atoms with van der Waals surface area (Å²) in [6, 6.07) is 12.4. The molecule has 0 saturated heterocycles. The van der Waals surface area contributed by atoms with Crippen LogP contribution < -0.4 is 10.1 Å². The number of hydrogen-bond donors (Lipinski definition) is 1. The molecule has 0 amide bonds. The highest BCUT2D eigenvalue weighted by Gasteiger charge is 2.20. The lowest BCUT2D eigenvalue weighted by Gasteiger charge is -2.17. The Bertz CT molecular complexity index is 1060. The van der Waals surface area contributed by atoms with Crippen molar-refractivity contribution in [2.45, 2.75) is 20.8 Å². The van der Waals surface area contributed by atoms with Crippen molar-refractivity contribution in [3.8, 4) is 5.75 Å². The second-order valence-corrected chi connectivity index (χ2v) is 6.27. The topological polar surface area (TPSA) is 86.8 Å². The maximum atomic E-state index is 12.6. The van der Waals surface area contributed by atoms with Gasteiger partial charge in [0.2, 0.25) is 0 Å². The highest BCUT2D eigenvalue weighted by Crippen LogP contribution is 2.33. The van der Waals surface area contributed by atoms with Gasteiger partial charge in [-0.2, -0.15) is 0 Å². The highest BCUT2D eigenvalue weighted by molar-refractivity contribution is 6.07. The molecule has 2 aromatic carbocycles. The molecule has 0 radical (unpaired) electrons. The molecule has 1 heterocycles. The Morgan fingerprint density at radius 1 is 0.900 bits per heavy atom. The maximum Gasteiger partial charge on any atom is 0.341 e. The number of ether oxygens (including phenoxy) is 3. The molecule has 0 aliphatic heterocycles. The Hall–Kier alpha value is -3.61. The van der Waals surface area contributed by atoms with Crippen molar-refractivity contribution in [1.82, 2.24) is 4.98 Å². The van der Waals surface area contributed by atoms with Crippen LogP contribution in [0.4, 0.5) is 11.4 Å². The van der Waals surface area contributed by atoms with E-state index in [1.54, 1.807) is 38.1 Å². The molecular formula is C23H24N2O5. The fourth-order valence-corrected chi connectivity index (χ4v) is 3.04. The summed E-state index contributed by atoms with van der Waals surface area (Å²) in [5, 5.41) is 3.91. The Kier molecular flexibility index (Phi) is 6.85. The van der Waals surface area contributed by atoms with Crippen LogP contribution >= 0.6 is 0 Å². The van der Waals surface area contributed by atoms with Gasteiger partial charge in [-0.25, -0.2) is 9.59 Å². The minimum atomic E-state index is -0.509. The molecule has 3 aromatic rings. The predicted molar refractivity (Wildman–Crippen MR) is 115 cm³/mol. The Labute approximate surface area is 175 Å². The van der Waals surface area contributed by atoms with E-state index in [1.807, 2.05) is 25.1 Å². The van der Waals surface area contributed by atoms with Gasteiger partial charge in [-0.3, -0.25) is 4.98 Å². The normalized spacial score (nSPS) is 10.5. The van der Waals surface area contributed by atoms with Gasteiger partial charge in [0, 0.05) is 11.6 Å². The lowest BCUT2D eigenvalue weighted by Crippen LogP contribution is -2.12. The number of fused-ring (bicyclic) bond motifs is 1. The molecule has 156 valence electrons. The number of para-hydroxylation sites is 1. The lowest BCUT2D eigenvalue weighted by atomic mass is 10.1. The summed E-state index contributed by atoms with van der Waals surface area (Å²) in [6.07, 6.45) is 1.47. The largest absolute Gasteiger partial charge is 0.494 e. The number of carbonyl (C=O) groups excluding carboxylic acids is 2. The van der Waals surface area contributed by atoms with Crippen LogP contribution in [0.2, 0.25) is 0 Å². The first-order valence-corrected chi connectivity index (χ1v) is 9.84. The van der Waals surface area contributed by atoms with Crippen LogP contribution in [0.1, 0.15) is 41.5 Å². The molecule has 0 bridgehead atoms. The number of hydrogen-bond acceptors (Lipinski definition) is 7. The lowest BCUT2D eigenvalue weighted by molar-refractivity contribution is 0.0518. The summed E-state index contributed by atoms with van der Waals surface area (Å²) >= 11 is 0. The molecule has 3 rings (SSSR count). The molecule has 7 heteroatoms. The molecule has 1 N–H and O–H groups in total. The van der Waals surface area contributed by atoms with Crippen LogP contribution in [-0.2, 0) is 9.47 Å². The third-order valence-corrected chi connectivity index (χ3v) is 4.33. The Balaban J connectivity index is 2.17. The van der Waals surface area contributed by atoms with Gasteiger partial charge in [0.05, 0.1) is 42.3 Å². The fourth-order valence-electron chi connectivity index (χ4n) is 3.04. The highest BCUT2D eigenvalue weighted by atomic mass is 16.5. The van der Waals surface area contributed by atoms with E-state index >= 15 is 0 Å². The van der Waals surface area contributed by atoms with Gasteiger partial charge in [0.25, 0.3) is 0 Å². The fraction of sp³-hybridized carbons (Fsp3) is 0.261.